The number of halogens is 3. The molecule has 0 aliphatic carbocycles. The third-order valence-electron chi connectivity index (χ3n) is 2.64. The molecule has 0 atom stereocenters. The van der Waals surface area contributed by atoms with E-state index in [2.05, 4.69) is 5.10 Å². The molecule has 6 heteroatoms. The van der Waals surface area contributed by atoms with Crippen molar-refractivity contribution in [3.8, 4) is 0 Å². The molecule has 18 heavy (non-hydrogen) atoms. The maximum atomic E-state index is 12.0. The van der Waals surface area contributed by atoms with Crippen LogP contribution in [-0.4, -0.2) is 21.7 Å². The Kier molecular flexibility index (Phi) is 4.93. The zero-order valence-corrected chi connectivity index (χ0v) is 10.5. The summed E-state index contributed by atoms with van der Waals surface area (Å²) in [5.41, 5.74) is 1.55. The van der Waals surface area contributed by atoms with Gasteiger partial charge < -0.3 is 0 Å². The number of Topliss-reactive ketones (excluding diaryl/α,β-unsaturated/α-hetero) is 1. The quantitative estimate of drug-likeness (QED) is 0.790. The Morgan fingerprint density at radius 3 is 2.56 bits per heavy atom. The van der Waals surface area contributed by atoms with E-state index in [-0.39, 0.29) is 6.42 Å². The molecule has 0 radical (unpaired) electrons. The van der Waals surface area contributed by atoms with Gasteiger partial charge in [0.25, 0.3) is 0 Å². The number of rotatable bonds is 6. The van der Waals surface area contributed by atoms with Crippen molar-refractivity contribution in [2.45, 2.75) is 52.3 Å². The molecule has 0 amide bonds. The topological polar surface area (TPSA) is 34.9 Å². The highest BCUT2D eigenvalue weighted by molar-refractivity contribution is 5.80. The molecule has 1 heterocycles. The van der Waals surface area contributed by atoms with Gasteiger partial charge in [-0.05, 0) is 19.4 Å². The number of ketones is 1. The van der Waals surface area contributed by atoms with Crippen molar-refractivity contribution in [2.75, 3.05) is 0 Å². The number of aryl methyl sites for hydroxylation is 2. The Labute approximate surface area is 104 Å². The van der Waals surface area contributed by atoms with Gasteiger partial charge >= 0.3 is 6.18 Å². The number of carbonyl (C=O) groups is 1. The Hall–Kier alpha value is -1.33. The van der Waals surface area contributed by atoms with Crippen LogP contribution in [0.1, 0.15) is 38.1 Å². The fourth-order valence-electron chi connectivity index (χ4n) is 1.68. The van der Waals surface area contributed by atoms with Crippen LogP contribution < -0.4 is 0 Å². The van der Waals surface area contributed by atoms with Crippen LogP contribution in [-0.2, 0) is 24.2 Å². The lowest BCUT2D eigenvalue weighted by Crippen LogP contribution is -2.14. The molecule has 0 N–H and O–H groups in total. The highest BCUT2D eigenvalue weighted by atomic mass is 19.4. The Morgan fingerprint density at radius 2 is 2.06 bits per heavy atom. The van der Waals surface area contributed by atoms with Gasteiger partial charge in [0, 0.05) is 25.1 Å². The van der Waals surface area contributed by atoms with Gasteiger partial charge in [-0.15, -0.1) is 0 Å². The lowest BCUT2D eigenvalue weighted by atomic mass is 10.1. The second-order valence-corrected chi connectivity index (χ2v) is 4.13. The number of alkyl halides is 3. The van der Waals surface area contributed by atoms with E-state index < -0.39 is 24.8 Å². The lowest BCUT2D eigenvalue weighted by molar-refractivity contribution is -0.143. The standard InChI is InChI=1S/C12H17F3N2O/c1-3-9-7-10(17(4-2)16-9)8-11(18)5-6-12(13,14)15/h7H,3-6,8H2,1-2H3. The molecule has 0 saturated carbocycles. The van der Waals surface area contributed by atoms with Crippen LogP contribution >= 0.6 is 0 Å². The molecule has 1 rings (SSSR count). The van der Waals surface area contributed by atoms with Crippen molar-refractivity contribution in [1.82, 2.24) is 9.78 Å². The second kappa shape index (κ2) is 6.02. The molecular formula is C12H17F3N2O. The Bertz CT molecular complexity index is 410. The zero-order valence-electron chi connectivity index (χ0n) is 10.5. The van der Waals surface area contributed by atoms with Crippen LogP contribution in [0.15, 0.2) is 6.07 Å². The molecule has 0 aromatic carbocycles. The molecule has 0 saturated heterocycles. The fourth-order valence-corrected chi connectivity index (χ4v) is 1.68. The summed E-state index contributed by atoms with van der Waals surface area (Å²) in [5, 5.41) is 4.25. The second-order valence-electron chi connectivity index (χ2n) is 4.13. The third kappa shape index (κ3) is 4.50. The van der Waals surface area contributed by atoms with Crippen LogP contribution in [0, 0.1) is 0 Å². The summed E-state index contributed by atoms with van der Waals surface area (Å²) in [4.78, 5) is 11.5. The number of hydrogen-bond acceptors (Lipinski definition) is 2. The predicted molar refractivity (Wildman–Crippen MR) is 61.3 cm³/mol. The van der Waals surface area contributed by atoms with Gasteiger partial charge in [-0.3, -0.25) is 9.48 Å². The van der Waals surface area contributed by atoms with Gasteiger partial charge in [-0.2, -0.15) is 18.3 Å². The summed E-state index contributed by atoms with van der Waals surface area (Å²) in [6, 6.07) is 1.79. The van der Waals surface area contributed by atoms with E-state index in [0.717, 1.165) is 12.1 Å². The van der Waals surface area contributed by atoms with Gasteiger partial charge in [0.2, 0.25) is 0 Å². The first-order valence-electron chi connectivity index (χ1n) is 5.99. The van der Waals surface area contributed by atoms with Crippen LogP contribution in [0.3, 0.4) is 0 Å². The molecule has 0 aliphatic heterocycles. The minimum absolute atomic E-state index is 0.0247. The molecular weight excluding hydrogens is 245 g/mol. The number of aromatic nitrogens is 2. The highest BCUT2D eigenvalue weighted by Crippen LogP contribution is 2.22. The first kappa shape index (κ1) is 14.7. The van der Waals surface area contributed by atoms with Crippen molar-refractivity contribution < 1.29 is 18.0 Å². The molecule has 1 aromatic heterocycles. The van der Waals surface area contributed by atoms with E-state index >= 15 is 0 Å². The predicted octanol–water partition coefficient (Wildman–Crippen LogP) is 2.92. The molecule has 1 aromatic rings. The van der Waals surface area contributed by atoms with E-state index in [1.54, 1.807) is 10.7 Å². The van der Waals surface area contributed by atoms with Gasteiger partial charge in [-0.25, -0.2) is 0 Å². The molecule has 0 aliphatic rings. The summed E-state index contributed by atoms with van der Waals surface area (Å²) in [6.07, 6.45) is -5.00. The Morgan fingerprint density at radius 1 is 1.39 bits per heavy atom. The number of carbonyl (C=O) groups excluding carboxylic acids is 1. The first-order valence-corrected chi connectivity index (χ1v) is 5.99. The Balaban J connectivity index is 2.61. The van der Waals surface area contributed by atoms with E-state index in [4.69, 9.17) is 0 Å². The zero-order chi connectivity index (χ0) is 13.8. The number of hydrogen-bond donors (Lipinski definition) is 0. The average Bonchev–Trinajstić information content (AvgIpc) is 2.68. The summed E-state index contributed by atoms with van der Waals surface area (Å²) in [6.45, 7) is 4.44. The summed E-state index contributed by atoms with van der Waals surface area (Å²) < 4.78 is 37.6. The maximum absolute atomic E-state index is 12.0. The van der Waals surface area contributed by atoms with Gasteiger partial charge in [0.15, 0.2) is 0 Å². The molecule has 3 nitrogen and oxygen atoms in total. The van der Waals surface area contributed by atoms with E-state index in [1.165, 1.54) is 0 Å². The van der Waals surface area contributed by atoms with Crippen LogP contribution in [0.25, 0.3) is 0 Å². The monoisotopic (exact) mass is 262 g/mol. The first-order chi connectivity index (χ1) is 8.35. The van der Waals surface area contributed by atoms with Crippen LogP contribution in [0.4, 0.5) is 13.2 Å². The lowest BCUT2D eigenvalue weighted by Gasteiger charge is -2.06. The minimum Gasteiger partial charge on any atom is -0.299 e. The van der Waals surface area contributed by atoms with Gasteiger partial charge in [-0.1, -0.05) is 6.92 Å². The van der Waals surface area contributed by atoms with Gasteiger partial charge in [0.1, 0.15) is 5.78 Å². The van der Waals surface area contributed by atoms with Crippen LogP contribution in [0.2, 0.25) is 0 Å². The van der Waals surface area contributed by atoms with Gasteiger partial charge in [0.05, 0.1) is 12.1 Å². The van der Waals surface area contributed by atoms with Crippen molar-refractivity contribution in [2.24, 2.45) is 0 Å². The number of nitrogens with zero attached hydrogens (tertiary/aromatic N) is 2. The largest absolute Gasteiger partial charge is 0.389 e. The molecule has 0 spiro atoms. The summed E-state index contributed by atoms with van der Waals surface area (Å²) in [7, 11) is 0. The SMILES string of the molecule is CCc1cc(CC(=O)CCC(F)(F)F)n(CC)n1. The molecule has 102 valence electrons. The van der Waals surface area contributed by atoms with Crippen molar-refractivity contribution in [3.63, 3.8) is 0 Å². The molecule has 0 fully saturated rings. The normalized spacial score (nSPS) is 11.8. The minimum atomic E-state index is -4.27. The van der Waals surface area contributed by atoms with E-state index in [1.807, 2.05) is 13.8 Å². The highest BCUT2D eigenvalue weighted by Gasteiger charge is 2.28. The fraction of sp³-hybridized carbons (Fsp3) is 0.667. The van der Waals surface area contributed by atoms with Crippen LogP contribution in [0.5, 0.6) is 0 Å². The smallest absolute Gasteiger partial charge is 0.299 e. The maximum Gasteiger partial charge on any atom is 0.389 e. The summed E-state index contributed by atoms with van der Waals surface area (Å²) >= 11 is 0. The molecule has 0 unspecified atom stereocenters. The van der Waals surface area contributed by atoms with Crippen molar-refractivity contribution in [1.29, 1.82) is 0 Å². The third-order valence-corrected chi connectivity index (χ3v) is 2.64. The molecule has 0 bridgehead atoms. The van der Waals surface area contributed by atoms with Crippen molar-refractivity contribution >= 4 is 5.78 Å². The summed E-state index contributed by atoms with van der Waals surface area (Å²) in [5.74, 6) is -0.399. The van der Waals surface area contributed by atoms with E-state index in [9.17, 15) is 18.0 Å². The average molecular weight is 262 g/mol. The van der Waals surface area contributed by atoms with E-state index in [0.29, 0.717) is 12.2 Å². The van der Waals surface area contributed by atoms with Crippen molar-refractivity contribution in [3.05, 3.63) is 17.5 Å².